The number of halogens is 1. The fourth-order valence-corrected chi connectivity index (χ4v) is 4.29. The van der Waals surface area contributed by atoms with Gasteiger partial charge in [-0.25, -0.2) is 0 Å². The molecule has 2 aromatic rings. The van der Waals surface area contributed by atoms with Crippen molar-refractivity contribution in [2.75, 3.05) is 11.1 Å². The van der Waals surface area contributed by atoms with Crippen LogP contribution in [-0.2, 0) is 4.79 Å². The molecule has 1 amide bonds. The van der Waals surface area contributed by atoms with Gasteiger partial charge < -0.3 is 5.32 Å². The number of hydrogen-bond acceptors (Lipinski definition) is 3. The lowest BCUT2D eigenvalue weighted by atomic mass is 10.0. The van der Waals surface area contributed by atoms with Crippen LogP contribution in [-0.4, -0.2) is 22.7 Å². The second-order valence-corrected chi connectivity index (χ2v) is 7.88. The van der Waals surface area contributed by atoms with Crippen LogP contribution >= 0.6 is 23.4 Å². The molecule has 130 valence electrons. The quantitative estimate of drug-likeness (QED) is 0.709. The Morgan fingerprint density at radius 2 is 1.80 bits per heavy atom. The Bertz CT molecular complexity index is 758. The standard InChI is InChI=1S/C20H20ClNO2S/c21-15-10-11-18(22-19(23)13-25-16-8-4-5-9-16)17(12-15)20(24)14-6-2-1-3-7-14/h1-3,6-7,10-12,16H,4-5,8-9,13H2,(H,22,23). The number of anilines is 1. The van der Waals surface area contributed by atoms with Gasteiger partial charge in [0.15, 0.2) is 5.78 Å². The van der Waals surface area contributed by atoms with Gasteiger partial charge in [0.1, 0.15) is 0 Å². The lowest BCUT2D eigenvalue weighted by molar-refractivity contribution is -0.113. The zero-order valence-corrected chi connectivity index (χ0v) is 15.4. The zero-order chi connectivity index (χ0) is 17.6. The second-order valence-electron chi connectivity index (χ2n) is 6.15. The van der Waals surface area contributed by atoms with Gasteiger partial charge >= 0.3 is 0 Å². The van der Waals surface area contributed by atoms with E-state index >= 15 is 0 Å². The van der Waals surface area contributed by atoms with E-state index in [2.05, 4.69) is 5.32 Å². The molecule has 0 radical (unpaired) electrons. The van der Waals surface area contributed by atoms with Crippen molar-refractivity contribution in [2.45, 2.75) is 30.9 Å². The van der Waals surface area contributed by atoms with Crippen LogP contribution in [0, 0.1) is 0 Å². The maximum Gasteiger partial charge on any atom is 0.234 e. The third-order valence-electron chi connectivity index (χ3n) is 4.29. The molecule has 1 aliphatic rings. The van der Waals surface area contributed by atoms with E-state index in [-0.39, 0.29) is 11.7 Å². The van der Waals surface area contributed by atoms with Crippen LogP contribution < -0.4 is 5.32 Å². The fraction of sp³-hybridized carbons (Fsp3) is 0.300. The maximum atomic E-state index is 12.8. The van der Waals surface area contributed by atoms with Crippen molar-refractivity contribution in [1.29, 1.82) is 0 Å². The van der Waals surface area contributed by atoms with Crippen molar-refractivity contribution >= 4 is 40.7 Å². The molecule has 1 aliphatic carbocycles. The van der Waals surface area contributed by atoms with E-state index in [9.17, 15) is 9.59 Å². The van der Waals surface area contributed by atoms with E-state index in [4.69, 9.17) is 11.6 Å². The highest BCUT2D eigenvalue weighted by atomic mass is 35.5. The Hall–Kier alpha value is -1.78. The minimum atomic E-state index is -0.151. The number of carbonyl (C=O) groups excluding carboxylic acids is 2. The molecular weight excluding hydrogens is 354 g/mol. The molecule has 1 saturated carbocycles. The molecule has 2 aromatic carbocycles. The molecule has 0 aromatic heterocycles. The Morgan fingerprint density at radius 1 is 1.08 bits per heavy atom. The third kappa shape index (κ3) is 4.86. The van der Waals surface area contributed by atoms with Crippen LogP contribution in [0.5, 0.6) is 0 Å². The summed E-state index contributed by atoms with van der Waals surface area (Å²) in [5.74, 6) is 0.176. The predicted octanol–water partition coefficient (Wildman–Crippen LogP) is 5.19. The van der Waals surface area contributed by atoms with Gasteiger partial charge in [0.05, 0.1) is 11.4 Å². The summed E-state index contributed by atoms with van der Waals surface area (Å²) in [5, 5.41) is 3.93. The van der Waals surface area contributed by atoms with Crippen molar-refractivity contribution in [3.63, 3.8) is 0 Å². The summed E-state index contributed by atoms with van der Waals surface area (Å²) >= 11 is 7.77. The number of carbonyl (C=O) groups is 2. The van der Waals surface area contributed by atoms with Crippen LogP contribution in [0.2, 0.25) is 5.02 Å². The first-order valence-corrected chi connectivity index (χ1v) is 9.87. The summed E-state index contributed by atoms with van der Waals surface area (Å²) < 4.78 is 0. The first-order valence-electron chi connectivity index (χ1n) is 8.44. The summed E-state index contributed by atoms with van der Waals surface area (Å²) in [5.41, 5.74) is 1.49. The van der Waals surface area contributed by atoms with E-state index in [0.717, 1.165) is 0 Å². The zero-order valence-electron chi connectivity index (χ0n) is 13.8. The molecule has 1 fully saturated rings. The third-order valence-corrected chi connectivity index (χ3v) is 5.90. The molecule has 3 rings (SSSR count). The number of benzene rings is 2. The number of rotatable bonds is 6. The highest BCUT2D eigenvalue weighted by molar-refractivity contribution is 8.00. The van der Waals surface area contributed by atoms with Crippen molar-refractivity contribution in [1.82, 2.24) is 0 Å². The molecule has 0 spiro atoms. The van der Waals surface area contributed by atoms with E-state index in [1.807, 2.05) is 18.2 Å². The summed E-state index contributed by atoms with van der Waals surface area (Å²) in [6.07, 6.45) is 4.89. The molecule has 0 saturated heterocycles. The minimum absolute atomic E-state index is 0.0821. The molecule has 1 N–H and O–H groups in total. The molecular formula is C20H20ClNO2S. The predicted molar refractivity (Wildman–Crippen MR) is 105 cm³/mol. The first kappa shape index (κ1) is 18.0. The van der Waals surface area contributed by atoms with Crippen molar-refractivity contribution in [2.24, 2.45) is 0 Å². The van der Waals surface area contributed by atoms with Crippen molar-refractivity contribution < 1.29 is 9.59 Å². The average Bonchev–Trinajstić information content (AvgIpc) is 3.15. The van der Waals surface area contributed by atoms with Crippen LogP contribution in [0.25, 0.3) is 0 Å². The molecule has 5 heteroatoms. The number of ketones is 1. The summed E-state index contributed by atoms with van der Waals surface area (Å²) in [6.45, 7) is 0. The van der Waals surface area contributed by atoms with Gasteiger partial charge in [0, 0.05) is 21.4 Å². The monoisotopic (exact) mass is 373 g/mol. The van der Waals surface area contributed by atoms with E-state index < -0.39 is 0 Å². The van der Waals surface area contributed by atoms with Gasteiger partial charge in [-0.15, -0.1) is 11.8 Å². The maximum absolute atomic E-state index is 12.8. The lowest BCUT2D eigenvalue weighted by Crippen LogP contribution is -2.18. The summed E-state index contributed by atoms with van der Waals surface area (Å²) in [4.78, 5) is 25.0. The van der Waals surface area contributed by atoms with Crippen LogP contribution in [0.15, 0.2) is 48.5 Å². The van der Waals surface area contributed by atoms with Gasteiger partial charge in [-0.2, -0.15) is 0 Å². The van der Waals surface area contributed by atoms with Crippen molar-refractivity contribution in [3.8, 4) is 0 Å². The summed E-state index contributed by atoms with van der Waals surface area (Å²) in [7, 11) is 0. The number of amides is 1. The normalized spacial score (nSPS) is 14.4. The smallest absolute Gasteiger partial charge is 0.234 e. The molecule has 3 nitrogen and oxygen atoms in total. The topological polar surface area (TPSA) is 46.2 Å². The Morgan fingerprint density at radius 3 is 2.52 bits per heavy atom. The number of thioether (sulfide) groups is 1. The lowest BCUT2D eigenvalue weighted by Gasteiger charge is -2.12. The fourth-order valence-electron chi connectivity index (χ4n) is 2.99. The van der Waals surface area contributed by atoms with Crippen LogP contribution in [0.4, 0.5) is 5.69 Å². The molecule has 0 bridgehead atoms. The Kier molecular flexibility index (Phi) is 6.16. The van der Waals surface area contributed by atoms with E-state index in [1.165, 1.54) is 25.7 Å². The molecule has 0 heterocycles. The number of hydrogen-bond donors (Lipinski definition) is 1. The summed E-state index contributed by atoms with van der Waals surface area (Å²) in [6, 6.07) is 14.0. The SMILES string of the molecule is O=C(CSC1CCCC1)Nc1ccc(Cl)cc1C(=O)c1ccccc1. The van der Waals surface area contributed by atoms with Crippen LogP contribution in [0.3, 0.4) is 0 Å². The average molecular weight is 374 g/mol. The molecule has 25 heavy (non-hydrogen) atoms. The van der Waals surface area contributed by atoms with E-state index in [0.29, 0.717) is 32.8 Å². The van der Waals surface area contributed by atoms with Crippen molar-refractivity contribution in [3.05, 3.63) is 64.7 Å². The number of nitrogens with one attached hydrogen (secondary N) is 1. The Balaban J connectivity index is 1.72. The van der Waals surface area contributed by atoms with Gasteiger partial charge in [-0.3, -0.25) is 9.59 Å². The highest BCUT2D eigenvalue weighted by Crippen LogP contribution is 2.30. The van der Waals surface area contributed by atoms with E-state index in [1.54, 1.807) is 42.1 Å². The molecule has 0 unspecified atom stereocenters. The molecule has 0 atom stereocenters. The molecule has 0 aliphatic heterocycles. The first-order chi connectivity index (χ1) is 12.1. The van der Waals surface area contributed by atoms with Gasteiger partial charge in [0.2, 0.25) is 5.91 Å². The highest BCUT2D eigenvalue weighted by Gasteiger charge is 2.19. The van der Waals surface area contributed by atoms with Gasteiger partial charge in [-0.05, 0) is 31.0 Å². The second kappa shape index (κ2) is 8.54. The van der Waals surface area contributed by atoms with Crippen LogP contribution in [0.1, 0.15) is 41.6 Å². The largest absolute Gasteiger partial charge is 0.325 e. The van der Waals surface area contributed by atoms with Gasteiger partial charge in [-0.1, -0.05) is 54.8 Å². The Labute approximate surface area is 157 Å². The minimum Gasteiger partial charge on any atom is -0.325 e. The van der Waals surface area contributed by atoms with Gasteiger partial charge in [0.25, 0.3) is 0 Å².